The van der Waals surface area contributed by atoms with Crippen LogP contribution in [0.5, 0.6) is 0 Å². The molecule has 0 spiro atoms. The zero-order chi connectivity index (χ0) is 15.5. The van der Waals surface area contributed by atoms with Crippen LogP contribution in [-0.2, 0) is 11.8 Å². The van der Waals surface area contributed by atoms with Gasteiger partial charge in [-0.2, -0.15) is 25.1 Å². The van der Waals surface area contributed by atoms with Crippen molar-refractivity contribution in [3.63, 3.8) is 0 Å². The van der Waals surface area contributed by atoms with Crippen LogP contribution in [-0.4, -0.2) is 42.5 Å². The lowest BCUT2D eigenvalue weighted by molar-refractivity contribution is 0.343. The van der Waals surface area contributed by atoms with Crippen molar-refractivity contribution in [1.29, 1.82) is 5.26 Å². The maximum Gasteiger partial charge on any atom is 0.178 e. The van der Waals surface area contributed by atoms with E-state index in [1.807, 2.05) is 13.0 Å². The minimum absolute atomic E-state index is 0.326. The topological polar surface area (TPSA) is 107 Å². The van der Waals surface area contributed by atoms with E-state index in [0.717, 1.165) is 0 Å². The number of nitrogens with zero attached hydrogens (tertiary/aromatic N) is 8. The Morgan fingerprint density at radius 3 is 3.00 bits per heavy atom. The first-order valence-corrected chi connectivity index (χ1v) is 6.51. The van der Waals surface area contributed by atoms with Gasteiger partial charge in [0.05, 0.1) is 24.4 Å². The fraction of sp³-hybridized carbons (Fsp3) is 0.231. The van der Waals surface area contributed by atoms with Gasteiger partial charge in [-0.15, -0.1) is 0 Å². The minimum Gasteiger partial charge on any atom is -0.483 e. The molecule has 3 heterocycles. The molecule has 3 rings (SSSR count). The number of hydrogen-bond donors (Lipinski definition) is 0. The molecule has 22 heavy (non-hydrogen) atoms. The molecule has 3 aromatic heterocycles. The first-order valence-electron chi connectivity index (χ1n) is 6.51. The minimum atomic E-state index is 0.326. The van der Waals surface area contributed by atoms with Crippen molar-refractivity contribution in [1.82, 2.24) is 29.5 Å². The van der Waals surface area contributed by atoms with Crippen molar-refractivity contribution in [3.05, 3.63) is 24.3 Å². The molecule has 0 aliphatic heterocycles. The summed E-state index contributed by atoms with van der Waals surface area (Å²) in [6.07, 6.45) is 5.79. The van der Waals surface area contributed by atoms with Crippen LogP contribution in [0.1, 0.15) is 12.5 Å². The molecule has 0 atom stereocenters. The molecule has 9 heteroatoms. The van der Waals surface area contributed by atoms with Crippen LogP contribution in [0.15, 0.2) is 23.7 Å². The number of fused-ring (bicyclic) bond motifs is 1. The second kappa shape index (κ2) is 5.61. The number of ether oxygens (including phenoxy) is 1. The highest BCUT2D eigenvalue weighted by atomic mass is 16.5. The predicted molar refractivity (Wildman–Crippen MR) is 77.9 cm³/mol. The van der Waals surface area contributed by atoms with Crippen molar-refractivity contribution < 1.29 is 4.74 Å². The van der Waals surface area contributed by atoms with E-state index in [-0.39, 0.29) is 0 Å². The second-order valence-electron chi connectivity index (χ2n) is 4.30. The summed E-state index contributed by atoms with van der Waals surface area (Å²) in [5, 5.41) is 18.3. The SMILES string of the molecule is CCO/C=N/c1c(C#N)cnn1-c1ncnc2c1cnn2C. The Labute approximate surface area is 125 Å². The Morgan fingerprint density at radius 1 is 1.36 bits per heavy atom. The third kappa shape index (κ3) is 2.16. The molecule has 0 fully saturated rings. The quantitative estimate of drug-likeness (QED) is 0.527. The highest BCUT2D eigenvalue weighted by molar-refractivity contribution is 5.82. The molecule has 3 aromatic rings. The van der Waals surface area contributed by atoms with Gasteiger partial charge in [0, 0.05) is 7.05 Å². The second-order valence-corrected chi connectivity index (χ2v) is 4.30. The zero-order valence-corrected chi connectivity index (χ0v) is 12.0. The standard InChI is InChI=1S/C13H12N8O/c1-3-22-8-17-11-9(4-14)5-19-21(11)13-10-6-18-20(2)12(10)15-7-16-13/h5-8H,3H2,1-2H3/b17-8+. The number of aliphatic imine (C=N–C) groups is 1. The van der Waals surface area contributed by atoms with E-state index in [1.165, 1.54) is 23.6 Å². The Kier molecular flexibility index (Phi) is 3.49. The molecule has 0 aliphatic carbocycles. The molecule has 0 N–H and O–H groups in total. The summed E-state index contributed by atoms with van der Waals surface area (Å²) in [7, 11) is 1.79. The molecule has 0 saturated carbocycles. The van der Waals surface area contributed by atoms with E-state index in [1.54, 1.807) is 17.9 Å². The lowest BCUT2D eigenvalue weighted by Gasteiger charge is -2.04. The highest BCUT2D eigenvalue weighted by Gasteiger charge is 2.16. The van der Waals surface area contributed by atoms with Crippen molar-refractivity contribution in [2.45, 2.75) is 6.92 Å². The summed E-state index contributed by atoms with van der Waals surface area (Å²) < 4.78 is 8.21. The van der Waals surface area contributed by atoms with E-state index < -0.39 is 0 Å². The van der Waals surface area contributed by atoms with E-state index in [4.69, 9.17) is 4.74 Å². The Morgan fingerprint density at radius 2 is 2.23 bits per heavy atom. The van der Waals surface area contributed by atoms with Gasteiger partial charge in [0.2, 0.25) is 0 Å². The first kappa shape index (κ1) is 13.7. The third-order valence-electron chi connectivity index (χ3n) is 2.99. The van der Waals surface area contributed by atoms with E-state index >= 15 is 0 Å². The Hall–Kier alpha value is -3.28. The van der Waals surface area contributed by atoms with Gasteiger partial charge in [0.15, 0.2) is 23.7 Å². The van der Waals surface area contributed by atoms with E-state index in [2.05, 4.69) is 25.2 Å². The van der Waals surface area contributed by atoms with Gasteiger partial charge in [0.1, 0.15) is 18.0 Å². The highest BCUT2D eigenvalue weighted by Crippen LogP contribution is 2.25. The fourth-order valence-electron chi connectivity index (χ4n) is 1.98. The van der Waals surface area contributed by atoms with E-state index in [0.29, 0.717) is 34.8 Å². The number of nitriles is 1. The molecular weight excluding hydrogens is 284 g/mol. The number of rotatable bonds is 4. The van der Waals surface area contributed by atoms with Gasteiger partial charge in [-0.3, -0.25) is 4.68 Å². The number of aromatic nitrogens is 6. The first-order chi connectivity index (χ1) is 10.8. The van der Waals surface area contributed by atoms with Crippen LogP contribution in [0.4, 0.5) is 5.82 Å². The van der Waals surface area contributed by atoms with Gasteiger partial charge < -0.3 is 4.74 Å². The van der Waals surface area contributed by atoms with Gasteiger partial charge >= 0.3 is 0 Å². The van der Waals surface area contributed by atoms with E-state index in [9.17, 15) is 5.26 Å². The predicted octanol–water partition coefficient (Wildman–Crippen LogP) is 1.12. The maximum atomic E-state index is 9.19. The van der Waals surface area contributed by atoms with Crippen LogP contribution in [0.25, 0.3) is 16.9 Å². The molecule has 110 valence electrons. The zero-order valence-electron chi connectivity index (χ0n) is 12.0. The fourth-order valence-corrected chi connectivity index (χ4v) is 1.98. The largest absolute Gasteiger partial charge is 0.483 e. The summed E-state index contributed by atoms with van der Waals surface area (Å²) >= 11 is 0. The average molecular weight is 296 g/mol. The summed E-state index contributed by atoms with van der Waals surface area (Å²) in [5.41, 5.74) is 0.991. The molecule has 0 aromatic carbocycles. The van der Waals surface area contributed by atoms with Crippen LogP contribution >= 0.6 is 0 Å². The Balaban J connectivity index is 2.19. The van der Waals surface area contributed by atoms with Crippen molar-refractivity contribution in [2.24, 2.45) is 12.0 Å². The lowest BCUT2D eigenvalue weighted by atomic mass is 10.3. The van der Waals surface area contributed by atoms with Crippen molar-refractivity contribution >= 4 is 23.3 Å². The summed E-state index contributed by atoms with van der Waals surface area (Å²) in [6.45, 7) is 2.33. The number of hydrogen-bond acceptors (Lipinski definition) is 7. The van der Waals surface area contributed by atoms with Crippen molar-refractivity contribution in [3.8, 4) is 11.9 Å². The van der Waals surface area contributed by atoms with Gasteiger partial charge in [-0.05, 0) is 6.92 Å². The molecule has 0 bridgehead atoms. The van der Waals surface area contributed by atoms with Crippen LogP contribution in [0, 0.1) is 11.3 Å². The smallest absolute Gasteiger partial charge is 0.178 e. The number of aryl methyl sites for hydroxylation is 1. The summed E-state index contributed by atoms with van der Waals surface area (Å²) in [6, 6.07) is 2.05. The van der Waals surface area contributed by atoms with Crippen LogP contribution in [0.3, 0.4) is 0 Å². The summed E-state index contributed by atoms with van der Waals surface area (Å²) in [5.74, 6) is 0.850. The third-order valence-corrected chi connectivity index (χ3v) is 2.99. The average Bonchev–Trinajstić information content (AvgIpc) is 3.11. The van der Waals surface area contributed by atoms with Crippen LogP contribution < -0.4 is 0 Å². The van der Waals surface area contributed by atoms with Gasteiger partial charge in [-0.1, -0.05) is 0 Å². The molecule has 0 radical (unpaired) electrons. The Bertz CT molecular complexity index is 885. The van der Waals surface area contributed by atoms with Gasteiger partial charge in [-0.25, -0.2) is 9.97 Å². The summed E-state index contributed by atoms with van der Waals surface area (Å²) in [4.78, 5) is 12.6. The maximum absolute atomic E-state index is 9.19. The molecule has 0 aliphatic rings. The molecule has 0 saturated heterocycles. The molecular formula is C13H12N8O. The molecule has 0 unspecified atom stereocenters. The normalized spacial score (nSPS) is 11.1. The van der Waals surface area contributed by atoms with Gasteiger partial charge in [0.25, 0.3) is 0 Å². The van der Waals surface area contributed by atoms with Crippen LogP contribution in [0.2, 0.25) is 0 Å². The molecule has 9 nitrogen and oxygen atoms in total. The lowest BCUT2D eigenvalue weighted by Crippen LogP contribution is -2.02. The van der Waals surface area contributed by atoms with Crippen molar-refractivity contribution in [2.75, 3.05) is 6.61 Å². The monoisotopic (exact) mass is 296 g/mol. The molecule has 0 amide bonds.